The van der Waals surface area contributed by atoms with Gasteiger partial charge in [-0.05, 0) is 45.3 Å². The van der Waals surface area contributed by atoms with Crippen LogP contribution in [-0.2, 0) is 11.8 Å². The minimum atomic E-state index is -0.488. The molecule has 8 heteroatoms. The Morgan fingerprint density at radius 3 is 2.08 bits per heavy atom. The Hall–Kier alpha value is -2.09. The summed E-state index contributed by atoms with van der Waals surface area (Å²) in [7, 11) is 1.80. The van der Waals surface area contributed by atoms with Crippen LogP contribution in [-0.4, -0.2) is 45.2 Å². The highest BCUT2D eigenvalue weighted by Crippen LogP contribution is 2.27. The van der Waals surface area contributed by atoms with Gasteiger partial charge in [0.1, 0.15) is 5.52 Å². The van der Waals surface area contributed by atoms with Gasteiger partial charge in [-0.25, -0.2) is 19.4 Å². The van der Waals surface area contributed by atoms with E-state index in [0.29, 0.717) is 28.7 Å². The third-order valence-corrected chi connectivity index (χ3v) is 6.70. The topological polar surface area (TPSA) is 79.1 Å². The highest BCUT2D eigenvalue weighted by atomic mass is 32.2. The van der Waals surface area contributed by atoms with Crippen LogP contribution in [0, 0.1) is 0 Å². The number of allylic oxidation sites excluding steroid dienone is 2. The molecule has 0 unspecified atom stereocenters. The second-order valence-corrected chi connectivity index (χ2v) is 9.97. The highest BCUT2D eigenvalue weighted by molar-refractivity contribution is 7.98. The molecule has 0 aliphatic heterocycles. The predicted octanol–water partition coefficient (Wildman–Crippen LogP) is 7.68. The van der Waals surface area contributed by atoms with Crippen molar-refractivity contribution in [1.82, 2.24) is 19.7 Å². The molecule has 0 atom stereocenters. The minimum absolute atomic E-state index is 0.189. The van der Waals surface area contributed by atoms with Crippen molar-refractivity contribution in [1.29, 1.82) is 0 Å². The molecule has 7 nitrogen and oxygen atoms in total. The third kappa shape index (κ3) is 10.5. The van der Waals surface area contributed by atoms with Gasteiger partial charge >= 0.3 is 5.97 Å². The smallest absolute Gasteiger partial charge is 0.359 e. The second-order valence-electron chi connectivity index (χ2n) is 9.19. The Kier molecular flexibility index (Phi) is 15.2. The van der Waals surface area contributed by atoms with E-state index in [1.54, 1.807) is 18.7 Å². The van der Waals surface area contributed by atoms with Crippen LogP contribution in [0.4, 0.5) is 0 Å². The van der Waals surface area contributed by atoms with Gasteiger partial charge in [0.2, 0.25) is 5.88 Å². The van der Waals surface area contributed by atoms with E-state index in [9.17, 15) is 4.79 Å². The standard InChI is InChI=1S/C28H46N4O3S/c1-5-7-8-9-10-11-12-13-14-15-16-17-18-19-20-21-22-35-26-24-23(31-32(26)3)25(27(33)34-6-2)30-28(29-24)36-4/h13-14H,5-12,15-22H2,1-4H3/b14-13-. The number of unbranched alkanes of at least 4 members (excludes halogenated alkanes) is 12. The quantitative estimate of drug-likeness (QED) is 0.0584. The van der Waals surface area contributed by atoms with Crippen molar-refractivity contribution < 1.29 is 14.3 Å². The lowest BCUT2D eigenvalue weighted by Gasteiger charge is -2.07. The summed E-state index contributed by atoms with van der Waals surface area (Å²) in [6.45, 7) is 4.92. The van der Waals surface area contributed by atoms with Crippen LogP contribution < -0.4 is 4.74 Å². The van der Waals surface area contributed by atoms with Crippen molar-refractivity contribution in [2.45, 2.75) is 109 Å². The molecule has 0 spiro atoms. The molecule has 36 heavy (non-hydrogen) atoms. The minimum Gasteiger partial charge on any atom is -0.476 e. The Balaban J connectivity index is 1.63. The number of rotatable bonds is 20. The fraction of sp³-hybridized carbons (Fsp3) is 0.714. The van der Waals surface area contributed by atoms with Gasteiger partial charge < -0.3 is 9.47 Å². The first-order chi connectivity index (χ1) is 17.6. The fourth-order valence-electron chi connectivity index (χ4n) is 4.14. The Labute approximate surface area is 221 Å². The molecule has 2 aromatic rings. The van der Waals surface area contributed by atoms with Crippen LogP contribution in [0.3, 0.4) is 0 Å². The SMILES string of the molecule is CCCCCCCC/C=C\CCCCCCCCOc1c2nc(SC)nc(C(=O)OCC)c2nn1C. The lowest BCUT2D eigenvalue weighted by Crippen LogP contribution is -2.09. The largest absolute Gasteiger partial charge is 0.476 e. The van der Waals surface area contributed by atoms with Crippen LogP contribution in [0.15, 0.2) is 17.3 Å². The summed E-state index contributed by atoms with van der Waals surface area (Å²) in [5.74, 6) is 0.0825. The zero-order valence-corrected chi connectivity index (χ0v) is 23.7. The molecule has 0 amide bonds. The number of carbonyl (C=O) groups excluding carboxylic acids is 1. The average Bonchev–Trinajstić information content (AvgIpc) is 3.20. The highest BCUT2D eigenvalue weighted by Gasteiger charge is 2.23. The Bertz CT molecular complexity index is 929. The molecule has 0 aromatic carbocycles. The van der Waals surface area contributed by atoms with Gasteiger partial charge in [-0.2, -0.15) is 5.10 Å². The first-order valence-electron chi connectivity index (χ1n) is 13.9. The van der Waals surface area contributed by atoms with E-state index >= 15 is 0 Å². The summed E-state index contributed by atoms with van der Waals surface area (Å²) in [5, 5.41) is 4.94. The van der Waals surface area contributed by atoms with Crippen LogP contribution >= 0.6 is 11.8 Å². The average molecular weight is 519 g/mol. The monoisotopic (exact) mass is 518 g/mol. The van der Waals surface area contributed by atoms with Crippen molar-refractivity contribution in [3.63, 3.8) is 0 Å². The normalized spacial score (nSPS) is 11.6. The first kappa shape index (κ1) is 30.1. The Morgan fingerprint density at radius 1 is 0.861 bits per heavy atom. The van der Waals surface area contributed by atoms with E-state index < -0.39 is 5.97 Å². The number of aryl methyl sites for hydroxylation is 1. The van der Waals surface area contributed by atoms with Crippen LogP contribution in [0.25, 0.3) is 11.0 Å². The summed E-state index contributed by atoms with van der Waals surface area (Å²) >= 11 is 1.38. The number of nitrogens with zero attached hydrogens (tertiary/aromatic N) is 4. The van der Waals surface area contributed by atoms with Crippen molar-refractivity contribution in [3.8, 4) is 5.88 Å². The molecule has 0 bridgehead atoms. The first-order valence-corrected chi connectivity index (χ1v) is 15.1. The van der Waals surface area contributed by atoms with Crippen molar-refractivity contribution in [2.24, 2.45) is 7.05 Å². The van der Waals surface area contributed by atoms with Gasteiger partial charge in [-0.15, -0.1) is 0 Å². The van der Waals surface area contributed by atoms with Crippen LogP contribution in [0.2, 0.25) is 0 Å². The van der Waals surface area contributed by atoms with E-state index in [1.165, 1.54) is 88.8 Å². The van der Waals surface area contributed by atoms with E-state index in [1.807, 2.05) is 6.26 Å². The maximum absolute atomic E-state index is 12.4. The second kappa shape index (κ2) is 18.2. The van der Waals surface area contributed by atoms with Crippen LogP contribution in [0.1, 0.15) is 114 Å². The van der Waals surface area contributed by atoms with Gasteiger partial charge in [0.05, 0.1) is 13.2 Å². The summed E-state index contributed by atoms with van der Waals surface area (Å²) in [6.07, 6.45) is 24.5. The van der Waals surface area contributed by atoms with Crippen molar-refractivity contribution in [3.05, 3.63) is 17.8 Å². The van der Waals surface area contributed by atoms with Crippen molar-refractivity contribution >= 4 is 28.8 Å². The molecule has 2 rings (SSSR count). The van der Waals surface area contributed by atoms with Gasteiger partial charge in [-0.1, -0.05) is 88.6 Å². The van der Waals surface area contributed by atoms with Gasteiger partial charge in [0.25, 0.3) is 0 Å². The molecule has 2 aromatic heterocycles. The lowest BCUT2D eigenvalue weighted by atomic mass is 10.1. The fourth-order valence-corrected chi connectivity index (χ4v) is 4.51. The van der Waals surface area contributed by atoms with E-state index in [-0.39, 0.29) is 12.3 Å². The number of esters is 1. The predicted molar refractivity (Wildman–Crippen MR) is 149 cm³/mol. The maximum atomic E-state index is 12.4. The van der Waals surface area contributed by atoms with Gasteiger partial charge in [0.15, 0.2) is 16.4 Å². The molecule has 0 aliphatic carbocycles. The van der Waals surface area contributed by atoms with Gasteiger partial charge in [0, 0.05) is 7.05 Å². The number of ether oxygens (including phenoxy) is 2. The number of hydrogen-bond donors (Lipinski definition) is 0. The molecule has 0 radical (unpaired) electrons. The van der Waals surface area contributed by atoms with E-state index in [2.05, 4.69) is 34.1 Å². The number of thioether (sulfide) groups is 1. The molecule has 0 saturated heterocycles. The zero-order chi connectivity index (χ0) is 26.0. The molecular formula is C28H46N4O3S. The van der Waals surface area contributed by atoms with Crippen molar-refractivity contribution in [2.75, 3.05) is 19.5 Å². The number of carbonyl (C=O) groups is 1. The molecule has 202 valence electrons. The summed E-state index contributed by atoms with van der Waals surface area (Å²) in [4.78, 5) is 21.2. The summed E-state index contributed by atoms with van der Waals surface area (Å²) in [6, 6.07) is 0. The molecular weight excluding hydrogens is 472 g/mol. The Morgan fingerprint density at radius 2 is 1.47 bits per heavy atom. The molecule has 0 aliphatic rings. The summed E-state index contributed by atoms with van der Waals surface area (Å²) < 4.78 is 12.8. The number of fused-ring (bicyclic) bond motifs is 1. The van der Waals surface area contributed by atoms with E-state index in [0.717, 1.165) is 12.8 Å². The molecule has 0 saturated carbocycles. The van der Waals surface area contributed by atoms with E-state index in [4.69, 9.17) is 9.47 Å². The molecule has 2 heterocycles. The maximum Gasteiger partial charge on any atom is 0.359 e. The number of aromatic nitrogens is 4. The summed E-state index contributed by atoms with van der Waals surface area (Å²) in [5.41, 5.74) is 1.17. The van der Waals surface area contributed by atoms with Gasteiger partial charge in [-0.3, -0.25) is 0 Å². The lowest BCUT2D eigenvalue weighted by molar-refractivity contribution is 0.0520. The molecule has 0 fully saturated rings. The molecule has 0 N–H and O–H groups in total. The third-order valence-electron chi connectivity index (χ3n) is 6.16. The van der Waals surface area contributed by atoms with Crippen LogP contribution in [0.5, 0.6) is 5.88 Å². The number of hydrogen-bond acceptors (Lipinski definition) is 7. The zero-order valence-electron chi connectivity index (χ0n) is 22.9.